The number of rotatable bonds is 8. The molecule has 0 aliphatic carbocycles. The number of urea groups is 1. The lowest BCUT2D eigenvalue weighted by Gasteiger charge is -2.21. The van der Waals surface area contributed by atoms with E-state index >= 15 is 0 Å². The van der Waals surface area contributed by atoms with Gasteiger partial charge in [-0.2, -0.15) is 0 Å². The summed E-state index contributed by atoms with van der Waals surface area (Å²) >= 11 is 0. The minimum atomic E-state index is -1.26. The lowest BCUT2D eigenvalue weighted by molar-refractivity contribution is -0.151. The third-order valence-electron chi connectivity index (χ3n) is 5.25. The van der Waals surface area contributed by atoms with Crippen LogP contribution in [-0.2, 0) is 24.7 Å². The van der Waals surface area contributed by atoms with E-state index in [0.29, 0.717) is 12.1 Å². The molecule has 3 rings (SSSR count). The molecule has 2 aromatic carbocycles. The van der Waals surface area contributed by atoms with Crippen LogP contribution in [0.4, 0.5) is 4.79 Å². The normalized spacial score (nSPS) is 19.0. The van der Waals surface area contributed by atoms with Gasteiger partial charge in [-0.3, -0.25) is 19.3 Å². The Kier molecular flexibility index (Phi) is 6.69. The van der Waals surface area contributed by atoms with E-state index in [4.69, 9.17) is 4.74 Å². The van der Waals surface area contributed by atoms with Gasteiger partial charge in [-0.15, -0.1) is 0 Å². The highest BCUT2D eigenvalue weighted by molar-refractivity contribution is 6.08. The van der Waals surface area contributed by atoms with E-state index < -0.39 is 42.5 Å². The Labute approximate surface area is 180 Å². The fourth-order valence-electron chi connectivity index (χ4n) is 3.35. The zero-order chi connectivity index (χ0) is 22.4. The van der Waals surface area contributed by atoms with E-state index in [1.807, 2.05) is 37.3 Å². The average Bonchev–Trinajstić information content (AvgIpc) is 3.01. The number of imide groups is 1. The standard InChI is InChI=1S/C23H25N3O5/c1-16(17-9-5-3-6-10-17)13-24-19(27)15-31-20(28)14-26-21(29)23(2,25-22(26)30)18-11-7-4-8-12-18/h3-12,16H,13-15H2,1-2H3,(H,24,27)(H,25,30)/t16-,23+/m0/s1. The SMILES string of the molecule is C[C@@H](CNC(=O)COC(=O)CN1C(=O)N[C@](C)(c2ccccc2)C1=O)c1ccccc1. The van der Waals surface area contributed by atoms with Crippen molar-refractivity contribution >= 4 is 23.8 Å². The van der Waals surface area contributed by atoms with Crippen molar-refractivity contribution in [3.8, 4) is 0 Å². The van der Waals surface area contributed by atoms with Gasteiger partial charge < -0.3 is 15.4 Å². The van der Waals surface area contributed by atoms with Gasteiger partial charge in [-0.25, -0.2) is 4.79 Å². The molecule has 2 atom stereocenters. The quantitative estimate of drug-likeness (QED) is 0.499. The summed E-state index contributed by atoms with van der Waals surface area (Å²) in [6.45, 7) is 2.89. The Morgan fingerprint density at radius 1 is 1.06 bits per heavy atom. The van der Waals surface area contributed by atoms with Crippen LogP contribution in [0.5, 0.6) is 0 Å². The fourth-order valence-corrected chi connectivity index (χ4v) is 3.35. The first-order valence-electron chi connectivity index (χ1n) is 9.98. The predicted molar refractivity (Wildman–Crippen MR) is 113 cm³/mol. The van der Waals surface area contributed by atoms with Crippen LogP contribution in [0.25, 0.3) is 0 Å². The molecule has 2 aromatic rings. The first-order chi connectivity index (χ1) is 14.8. The average molecular weight is 423 g/mol. The number of ether oxygens (including phenoxy) is 1. The fraction of sp³-hybridized carbons (Fsp3) is 0.304. The van der Waals surface area contributed by atoms with Crippen molar-refractivity contribution in [3.63, 3.8) is 0 Å². The Morgan fingerprint density at radius 2 is 1.68 bits per heavy atom. The minimum Gasteiger partial charge on any atom is -0.454 e. The van der Waals surface area contributed by atoms with Gasteiger partial charge in [0.15, 0.2) is 6.61 Å². The van der Waals surface area contributed by atoms with Crippen molar-refractivity contribution in [2.24, 2.45) is 0 Å². The highest BCUT2D eigenvalue weighted by Gasteiger charge is 2.49. The van der Waals surface area contributed by atoms with Crippen LogP contribution in [0.1, 0.15) is 30.9 Å². The first-order valence-corrected chi connectivity index (χ1v) is 9.98. The van der Waals surface area contributed by atoms with E-state index in [1.165, 1.54) is 0 Å². The summed E-state index contributed by atoms with van der Waals surface area (Å²) in [5, 5.41) is 5.32. The summed E-state index contributed by atoms with van der Waals surface area (Å²) in [4.78, 5) is 50.0. The molecule has 162 valence electrons. The summed E-state index contributed by atoms with van der Waals surface area (Å²) < 4.78 is 4.95. The first kappa shape index (κ1) is 22.0. The molecule has 31 heavy (non-hydrogen) atoms. The zero-order valence-electron chi connectivity index (χ0n) is 17.5. The number of nitrogens with zero attached hydrogens (tertiary/aromatic N) is 1. The van der Waals surface area contributed by atoms with E-state index in [-0.39, 0.29) is 5.92 Å². The highest BCUT2D eigenvalue weighted by Crippen LogP contribution is 2.28. The Hall–Kier alpha value is -3.68. The lowest BCUT2D eigenvalue weighted by Crippen LogP contribution is -2.42. The van der Waals surface area contributed by atoms with Gasteiger partial charge in [0.2, 0.25) is 0 Å². The second-order valence-corrected chi connectivity index (χ2v) is 7.59. The topological polar surface area (TPSA) is 105 Å². The summed E-state index contributed by atoms with van der Waals surface area (Å²) in [5.41, 5.74) is 0.430. The van der Waals surface area contributed by atoms with E-state index in [9.17, 15) is 19.2 Å². The molecule has 1 saturated heterocycles. The largest absolute Gasteiger partial charge is 0.454 e. The van der Waals surface area contributed by atoms with Gasteiger partial charge >= 0.3 is 12.0 Å². The van der Waals surface area contributed by atoms with Crippen molar-refractivity contribution in [2.75, 3.05) is 19.7 Å². The van der Waals surface area contributed by atoms with Gasteiger partial charge in [-0.1, -0.05) is 67.6 Å². The molecule has 0 radical (unpaired) electrons. The molecular weight excluding hydrogens is 398 g/mol. The molecule has 0 saturated carbocycles. The number of esters is 1. The van der Waals surface area contributed by atoms with Crippen molar-refractivity contribution in [1.82, 2.24) is 15.5 Å². The molecule has 2 N–H and O–H groups in total. The van der Waals surface area contributed by atoms with Crippen LogP contribution in [0.15, 0.2) is 60.7 Å². The molecule has 0 aromatic heterocycles. The predicted octanol–water partition coefficient (Wildman–Crippen LogP) is 1.92. The highest BCUT2D eigenvalue weighted by atomic mass is 16.5. The molecule has 1 fully saturated rings. The number of nitrogens with one attached hydrogen (secondary N) is 2. The van der Waals surface area contributed by atoms with Crippen LogP contribution >= 0.6 is 0 Å². The maximum atomic E-state index is 12.8. The third-order valence-corrected chi connectivity index (χ3v) is 5.25. The number of carbonyl (C=O) groups excluding carboxylic acids is 4. The maximum Gasteiger partial charge on any atom is 0.326 e. The number of benzene rings is 2. The molecule has 1 aliphatic heterocycles. The summed E-state index contributed by atoms with van der Waals surface area (Å²) in [6, 6.07) is 17.8. The molecule has 4 amide bonds. The molecule has 0 spiro atoms. The number of hydrogen-bond acceptors (Lipinski definition) is 5. The maximum absolute atomic E-state index is 12.8. The molecule has 1 aliphatic rings. The lowest BCUT2D eigenvalue weighted by atomic mass is 9.92. The number of hydrogen-bond donors (Lipinski definition) is 2. The van der Waals surface area contributed by atoms with Crippen molar-refractivity contribution in [2.45, 2.75) is 25.3 Å². The van der Waals surface area contributed by atoms with E-state index in [2.05, 4.69) is 10.6 Å². The summed E-state index contributed by atoms with van der Waals surface area (Å²) in [7, 11) is 0. The van der Waals surface area contributed by atoms with Crippen LogP contribution in [-0.4, -0.2) is 48.4 Å². The number of amides is 4. The van der Waals surface area contributed by atoms with Gasteiger partial charge in [0.25, 0.3) is 11.8 Å². The second kappa shape index (κ2) is 9.42. The molecule has 8 heteroatoms. The van der Waals surface area contributed by atoms with Gasteiger partial charge in [0.05, 0.1) is 0 Å². The Balaban J connectivity index is 1.48. The van der Waals surface area contributed by atoms with E-state index in [0.717, 1.165) is 10.5 Å². The van der Waals surface area contributed by atoms with Gasteiger partial charge in [0, 0.05) is 6.54 Å². The molecule has 0 bridgehead atoms. The molecular formula is C23H25N3O5. The van der Waals surface area contributed by atoms with Gasteiger partial charge in [0.1, 0.15) is 12.1 Å². The smallest absolute Gasteiger partial charge is 0.326 e. The second-order valence-electron chi connectivity index (χ2n) is 7.59. The molecule has 0 unspecified atom stereocenters. The van der Waals surface area contributed by atoms with Crippen LogP contribution in [0.3, 0.4) is 0 Å². The Bertz CT molecular complexity index is 964. The summed E-state index contributed by atoms with van der Waals surface area (Å²) in [6.07, 6.45) is 0. The Morgan fingerprint density at radius 3 is 2.32 bits per heavy atom. The summed E-state index contributed by atoms with van der Waals surface area (Å²) in [5.74, 6) is -1.75. The zero-order valence-corrected chi connectivity index (χ0v) is 17.5. The molecule has 8 nitrogen and oxygen atoms in total. The van der Waals surface area contributed by atoms with Crippen LogP contribution in [0.2, 0.25) is 0 Å². The third kappa shape index (κ3) is 5.09. The monoisotopic (exact) mass is 423 g/mol. The van der Waals surface area contributed by atoms with Gasteiger partial charge in [-0.05, 0) is 24.0 Å². The van der Waals surface area contributed by atoms with Crippen molar-refractivity contribution in [1.29, 1.82) is 0 Å². The van der Waals surface area contributed by atoms with Crippen molar-refractivity contribution in [3.05, 3.63) is 71.8 Å². The van der Waals surface area contributed by atoms with E-state index in [1.54, 1.807) is 37.3 Å². The van der Waals surface area contributed by atoms with Crippen molar-refractivity contribution < 1.29 is 23.9 Å². The molecule has 1 heterocycles. The van der Waals surface area contributed by atoms with Crippen LogP contribution < -0.4 is 10.6 Å². The van der Waals surface area contributed by atoms with Crippen LogP contribution in [0, 0.1) is 0 Å². The number of carbonyl (C=O) groups is 4. The minimum absolute atomic E-state index is 0.0995.